The molecule has 0 saturated heterocycles. The average molecular weight is 384 g/mol. The van der Waals surface area contributed by atoms with Gasteiger partial charge in [-0.2, -0.15) is 0 Å². The Labute approximate surface area is 166 Å². The van der Waals surface area contributed by atoms with Crippen LogP contribution in [0.5, 0.6) is 5.75 Å². The van der Waals surface area contributed by atoms with Crippen molar-refractivity contribution < 1.29 is 19.1 Å². The van der Waals surface area contributed by atoms with Gasteiger partial charge in [0, 0.05) is 0 Å². The van der Waals surface area contributed by atoms with Crippen LogP contribution in [0, 0.1) is 5.92 Å². The van der Waals surface area contributed by atoms with Crippen LogP contribution in [-0.2, 0) is 27.4 Å². The highest BCUT2D eigenvalue weighted by Crippen LogP contribution is 2.15. The molecule has 6 heteroatoms. The maximum atomic E-state index is 12.3. The molecule has 0 unspecified atom stereocenters. The van der Waals surface area contributed by atoms with Gasteiger partial charge in [-0.3, -0.25) is 4.79 Å². The van der Waals surface area contributed by atoms with E-state index in [9.17, 15) is 9.59 Å². The second-order valence-electron chi connectivity index (χ2n) is 6.98. The van der Waals surface area contributed by atoms with Crippen molar-refractivity contribution in [3.8, 4) is 5.75 Å². The van der Waals surface area contributed by atoms with Crippen LogP contribution in [0.4, 0.5) is 0 Å². The molecule has 0 aliphatic heterocycles. The van der Waals surface area contributed by atoms with Crippen LogP contribution in [-0.4, -0.2) is 31.1 Å². The van der Waals surface area contributed by atoms with Gasteiger partial charge in [0.15, 0.2) is 0 Å². The Morgan fingerprint density at radius 1 is 1.00 bits per heavy atom. The summed E-state index contributed by atoms with van der Waals surface area (Å²) in [6.07, 6.45) is 0.358. The second-order valence-corrected chi connectivity index (χ2v) is 6.98. The van der Waals surface area contributed by atoms with E-state index >= 15 is 0 Å². The highest BCUT2D eigenvalue weighted by atomic mass is 16.5. The number of esters is 1. The van der Waals surface area contributed by atoms with Crippen LogP contribution in [0.3, 0.4) is 0 Å². The fourth-order valence-electron chi connectivity index (χ4n) is 2.69. The summed E-state index contributed by atoms with van der Waals surface area (Å²) in [6, 6.07) is 15.9. The van der Waals surface area contributed by atoms with Gasteiger partial charge in [-0.05, 0) is 35.6 Å². The van der Waals surface area contributed by atoms with Crippen molar-refractivity contribution in [2.45, 2.75) is 39.0 Å². The number of hydrogen-bond donors (Lipinski definition) is 2. The van der Waals surface area contributed by atoms with Crippen molar-refractivity contribution in [2.75, 3.05) is 7.11 Å². The minimum absolute atomic E-state index is 0.0929. The quantitative estimate of drug-likeness (QED) is 0.648. The third-order valence-electron chi connectivity index (χ3n) is 4.38. The van der Waals surface area contributed by atoms with Crippen LogP contribution < -0.4 is 15.8 Å². The number of ether oxygens (including phenoxy) is 2. The number of rotatable bonds is 9. The minimum Gasteiger partial charge on any atom is -0.489 e. The van der Waals surface area contributed by atoms with Crippen LogP contribution in [0.1, 0.15) is 25.0 Å². The second kappa shape index (κ2) is 10.5. The van der Waals surface area contributed by atoms with Gasteiger partial charge in [0.05, 0.1) is 13.2 Å². The van der Waals surface area contributed by atoms with Crippen LogP contribution in [0.25, 0.3) is 0 Å². The normalized spacial score (nSPS) is 12.9. The molecule has 0 saturated carbocycles. The maximum absolute atomic E-state index is 12.3. The van der Waals surface area contributed by atoms with E-state index in [1.54, 1.807) is 0 Å². The topological polar surface area (TPSA) is 90.7 Å². The third-order valence-corrected chi connectivity index (χ3v) is 4.38. The van der Waals surface area contributed by atoms with Gasteiger partial charge in [0.2, 0.25) is 5.91 Å². The SMILES string of the molecule is COC(=O)[C@@H](NC(=O)[C@@H](N)Cc1ccc(OCc2ccccc2)cc1)C(C)C. The monoisotopic (exact) mass is 384 g/mol. The van der Waals surface area contributed by atoms with Crippen molar-refractivity contribution in [3.63, 3.8) is 0 Å². The lowest BCUT2D eigenvalue weighted by Crippen LogP contribution is -2.51. The van der Waals surface area contributed by atoms with E-state index in [0.29, 0.717) is 13.0 Å². The highest BCUT2D eigenvalue weighted by Gasteiger charge is 2.27. The number of carbonyl (C=O) groups excluding carboxylic acids is 2. The Bertz CT molecular complexity index is 760. The fraction of sp³-hybridized carbons (Fsp3) is 0.364. The number of methoxy groups -OCH3 is 1. The van der Waals surface area contributed by atoms with Crippen LogP contribution in [0.2, 0.25) is 0 Å². The van der Waals surface area contributed by atoms with Gasteiger partial charge < -0.3 is 20.5 Å². The molecule has 0 fully saturated rings. The van der Waals surface area contributed by atoms with E-state index in [2.05, 4.69) is 5.32 Å². The number of benzene rings is 2. The number of nitrogens with two attached hydrogens (primary N) is 1. The predicted molar refractivity (Wildman–Crippen MR) is 108 cm³/mol. The number of amides is 1. The predicted octanol–water partition coefficient (Wildman–Crippen LogP) is 2.45. The van der Waals surface area contributed by atoms with E-state index in [1.807, 2.05) is 68.4 Å². The van der Waals surface area contributed by atoms with E-state index in [4.69, 9.17) is 15.2 Å². The molecule has 6 nitrogen and oxygen atoms in total. The molecule has 2 atom stereocenters. The molecule has 3 N–H and O–H groups in total. The largest absolute Gasteiger partial charge is 0.489 e. The summed E-state index contributed by atoms with van der Waals surface area (Å²) in [7, 11) is 1.30. The van der Waals surface area contributed by atoms with Gasteiger partial charge in [0.1, 0.15) is 18.4 Å². The number of hydrogen-bond acceptors (Lipinski definition) is 5. The van der Waals surface area contributed by atoms with E-state index in [0.717, 1.165) is 16.9 Å². The lowest BCUT2D eigenvalue weighted by molar-refractivity contribution is -0.146. The maximum Gasteiger partial charge on any atom is 0.328 e. The molecule has 0 aromatic heterocycles. The summed E-state index contributed by atoms with van der Waals surface area (Å²) >= 11 is 0. The zero-order valence-electron chi connectivity index (χ0n) is 16.6. The lowest BCUT2D eigenvalue weighted by Gasteiger charge is -2.22. The van der Waals surface area contributed by atoms with Gasteiger partial charge in [-0.1, -0.05) is 56.3 Å². The molecule has 0 spiro atoms. The summed E-state index contributed by atoms with van der Waals surface area (Å²) in [6.45, 7) is 4.16. The molecule has 0 bridgehead atoms. The molecule has 2 rings (SSSR count). The van der Waals surface area contributed by atoms with Gasteiger partial charge in [-0.15, -0.1) is 0 Å². The molecule has 2 aromatic carbocycles. The summed E-state index contributed by atoms with van der Waals surface area (Å²) in [5, 5.41) is 2.67. The minimum atomic E-state index is -0.762. The first-order chi connectivity index (χ1) is 13.4. The molecule has 0 aliphatic carbocycles. The molecular weight excluding hydrogens is 356 g/mol. The smallest absolute Gasteiger partial charge is 0.328 e. The van der Waals surface area contributed by atoms with Crippen molar-refractivity contribution in [1.29, 1.82) is 0 Å². The lowest BCUT2D eigenvalue weighted by atomic mass is 10.0. The Hall–Kier alpha value is -2.86. The summed E-state index contributed by atoms with van der Waals surface area (Å²) in [4.78, 5) is 24.1. The average Bonchev–Trinajstić information content (AvgIpc) is 2.71. The first-order valence-electron chi connectivity index (χ1n) is 9.30. The van der Waals surface area contributed by atoms with Gasteiger partial charge in [0.25, 0.3) is 0 Å². The Morgan fingerprint density at radius 2 is 1.64 bits per heavy atom. The molecule has 28 heavy (non-hydrogen) atoms. The molecule has 2 aromatic rings. The summed E-state index contributed by atoms with van der Waals surface area (Å²) < 4.78 is 10.5. The van der Waals surface area contributed by atoms with Crippen molar-refractivity contribution in [3.05, 3.63) is 65.7 Å². The first kappa shape index (κ1) is 21.4. The van der Waals surface area contributed by atoms with E-state index in [-0.39, 0.29) is 11.8 Å². The molecule has 150 valence electrons. The molecule has 0 radical (unpaired) electrons. The zero-order valence-corrected chi connectivity index (χ0v) is 16.6. The zero-order chi connectivity index (χ0) is 20.5. The first-order valence-corrected chi connectivity index (χ1v) is 9.30. The fourth-order valence-corrected chi connectivity index (χ4v) is 2.69. The van der Waals surface area contributed by atoms with Crippen molar-refractivity contribution >= 4 is 11.9 Å². The van der Waals surface area contributed by atoms with Crippen molar-refractivity contribution in [1.82, 2.24) is 5.32 Å². The Kier molecular flexibility index (Phi) is 8.02. The van der Waals surface area contributed by atoms with Crippen molar-refractivity contribution in [2.24, 2.45) is 11.7 Å². The number of nitrogens with one attached hydrogen (secondary N) is 1. The standard InChI is InChI=1S/C22H28N2O4/c1-15(2)20(22(26)27-3)24-21(25)19(23)13-16-9-11-18(12-10-16)28-14-17-7-5-4-6-8-17/h4-12,15,19-20H,13-14,23H2,1-3H3,(H,24,25)/t19-,20-/m0/s1. The molecule has 0 aliphatic rings. The Morgan fingerprint density at radius 3 is 2.21 bits per heavy atom. The van der Waals surface area contributed by atoms with Gasteiger partial charge in [-0.25, -0.2) is 4.79 Å². The summed E-state index contributed by atoms with van der Waals surface area (Å²) in [5.74, 6) is -0.204. The van der Waals surface area contributed by atoms with E-state index in [1.165, 1.54) is 7.11 Å². The summed E-state index contributed by atoms with van der Waals surface area (Å²) in [5.41, 5.74) is 8.02. The highest BCUT2D eigenvalue weighted by molar-refractivity contribution is 5.87. The molecular formula is C22H28N2O4. The van der Waals surface area contributed by atoms with E-state index < -0.39 is 18.1 Å². The van der Waals surface area contributed by atoms with Gasteiger partial charge >= 0.3 is 5.97 Å². The number of carbonyl (C=O) groups is 2. The molecule has 1 amide bonds. The van der Waals surface area contributed by atoms with Crippen LogP contribution in [0.15, 0.2) is 54.6 Å². The third kappa shape index (κ3) is 6.39. The Balaban J connectivity index is 1.88. The van der Waals surface area contributed by atoms with Crippen LogP contribution >= 0.6 is 0 Å². The molecule has 0 heterocycles.